The Morgan fingerprint density at radius 1 is 1.36 bits per heavy atom. The van der Waals surface area contributed by atoms with E-state index >= 15 is 0 Å². The van der Waals surface area contributed by atoms with Crippen LogP contribution in [0, 0.1) is 0 Å². The van der Waals surface area contributed by atoms with Crippen molar-refractivity contribution >= 4 is 6.09 Å². The van der Waals surface area contributed by atoms with Crippen molar-refractivity contribution in [2.45, 2.75) is 51.5 Å². The summed E-state index contributed by atoms with van der Waals surface area (Å²) < 4.78 is 5.42. The highest BCUT2D eigenvalue weighted by Gasteiger charge is 2.38. The standard InChI is InChI=1S/C18H26N2O2/c1-3-5-9-19-18(21)22-14-6-7-15-16(12-14)13-8-10-20(4-2)17(15)11-13/h6-7,12-13,17H,3-5,8-11H2,1-2H3,(H,19,21)/t13-,17+/m1/s1. The summed E-state index contributed by atoms with van der Waals surface area (Å²) in [4.78, 5) is 14.3. The molecule has 22 heavy (non-hydrogen) atoms. The normalized spacial score (nSPS) is 23.2. The van der Waals surface area contributed by atoms with Crippen LogP contribution in [0.1, 0.15) is 62.6 Å². The smallest absolute Gasteiger partial charge is 0.410 e. The third-order valence-corrected chi connectivity index (χ3v) is 4.99. The van der Waals surface area contributed by atoms with Gasteiger partial charge in [-0.05, 0) is 61.5 Å². The Hall–Kier alpha value is -1.55. The lowest BCUT2D eigenvalue weighted by molar-refractivity contribution is 0.161. The first-order valence-electron chi connectivity index (χ1n) is 8.56. The fourth-order valence-corrected chi connectivity index (χ4v) is 3.78. The molecular weight excluding hydrogens is 276 g/mol. The summed E-state index contributed by atoms with van der Waals surface area (Å²) in [5.41, 5.74) is 2.82. The van der Waals surface area contributed by atoms with Crippen LogP contribution in [0.5, 0.6) is 5.75 Å². The first-order chi connectivity index (χ1) is 10.7. The molecule has 4 nitrogen and oxygen atoms in total. The molecule has 0 aromatic heterocycles. The van der Waals surface area contributed by atoms with E-state index in [9.17, 15) is 4.79 Å². The highest BCUT2D eigenvalue weighted by molar-refractivity contribution is 5.70. The van der Waals surface area contributed by atoms with Gasteiger partial charge in [0.2, 0.25) is 0 Å². The average Bonchev–Trinajstić information content (AvgIpc) is 2.81. The lowest BCUT2D eigenvalue weighted by Crippen LogP contribution is -2.31. The Balaban J connectivity index is 1.69. The quantitative estimate of drug-likeness (QED) is 0.841. The number of nitrogens with zero attached hydrogens (tertiary/aromatic N) is 1. The summed E-state index contributed by atoms with van der Waals surface area (Å²) in [6, 6.07) is 6.74. The van der Waals surface area contributed by atoms with E-state index < -0.39 is 0 Å². The van der Waals surface area contributed by atoms with Crippen molar-refractivity contribution in [2.24, 2.45) is 0 Å². The van der Waals surface area contributed by atoms with Crippen molar-refractivity contribution in [3.63, 3.8) is 0 Å². The minimum atomic E-state index is -0.343. The molecule has 4 heteroatoms. The largest absolute Gasteiger partial charge is 0.412 e. The lowest BCUT2D eigenvalue weighted by Gasteiger charge is -2.32. The lowest BCUT2D eigenvalue weighted by atomic mass is 9.95. The SMILES string of the molecule is CCCCNC(=O)Oc1ccc2c(c1)[C@@H]1CCN(CC)[C@H]2C1. The Morgan fingerprint density at radius 3 is 3.00 bits per heavy atom. The van der Waals surface area contributed by atoms with Gasteiger partial charge in [-0.3, -0.25) is 4.90 Å². The van der Waals surface area contributed by atoms with Gasteiger partial charge in [0.25, 0.3) is 0 Å². The van der Waals surface area contributed by atoms with Gasteiger partial charge in [-0.15, -0.1) is 0 Å². The van der Waals surface area contributed by atoms with E-state index in [1.807, 2.05) is 6.07 Å². The number of amides is 1. The first-order valence-corrected chi connectivity index (χ1v) is 8.56. The molecular formula is C18H26N2O2. The van der Waals surface area contributed by atoms with Gasteiger partial charge < -0.3 is 10.1 Å². The van der Waals surface area contributed by atoms with Crippen LogP contribution in [0.2, 0.25) is 0 Å². The number of likely N-dealkylation sites (tertiary alicyclic amines) is 1. The summed E-state index contributed by atoms with van der Waals surface area (Å²) in [6.07, 6.45) is 4.13. The zero-order valence-corrected chi connectivity index (χ0v) is 13.6. The molecule has 1 heterocycles. The Kier molecular flexibility index (Phi) is 4.67. The third kappa shape index (κ3) is 2.98. The van der Waals surface area contributed by atoms with Crippen LogP contribution in [-0.4, -0.2) is 30.6 Å². The van der Waals surface area contributed by atoms with Gasteiger partial charge in [0.15, 0.2) is 0 Å². The Morgan fingerprint density at radius 2 is 2.23 bits per heavy atom. The Labute approximate surface area is 132 Å². The number of carbonyl (C=O) groups excluding carboxylic acids is 1. The van der Waals surface area contributed by atoms with Gasteiger partial charge in [0.1, 0.15) is 5.75 Å². The summed E-state index contributed by atoms with van der Waals surface area (Å²) in [5.74, 6) is 1.30. The minimum absolute atomic E-state index is 0.343. The second-order valence-corrected chi connectivity index (χ2v) is 6.33. The van der Waals surface area contributed by atoms with Crippen LogP contribution in [0.4, 0.5) is 4.79 Å². The number of nitrogens with one attached hydrogen (secondary N) is 1. The summed E-state index contributed by atoms with van der Waals surface area (Å²) in [5, 5.41) is 2.79. The number of benzene rings is 1. The van der Waals surface area contributed by atoms with Gasteiger partial charge >= 0.3 is 6.09 Å². The molecule has 1 fully saturated rings. The van der Waals surface area contributed by atoms with Crippen molar-refractivity contribution in [1.82, 2.24) is 10.2 Å². The van der Waals surface area contributed by atoms with Crippen LogP contribution in [0.25, 0.3) is 0 Å². The van der Waals surface area contributed by atoms with Crippen molar-refractivity contribution < 1.29 is 9.53 Å². The second-order valence-electron chi connectivity index (χ2n) is 6.33. The molecule has 1 amide bonds. The number of rotatable bonds is 5. The molecule has 120 valence electrons. The molecule has 1 aliphatic heterocycles. The third-order valence-electron chi connectivity index (χ3n) is 4.99. The molecule has 0 saturated carbocycles. The van der Waals surface area contributed by atoms with Gasteiger partial charge in [-0.1, -0.05) is 26.3 Å². The molecule has 0 radical (unpaired) electrons. The van der Waals surface area contributed by atoms with Crippen LogP contribution in [0.15, 0.2) is 18.2 Å². The van der Waals surface area contributed by atoms with E-state index in [0.29, 0.717) is 24.3 Å². The van der Waals surface area contributed by atoms with Crippen LogP contribution >= 0.6 is 0 Å². The molecule has 2 bridgehead atoms. The maximum absolute atomic E-state index is 11.8. The number of carbonyl (C=O) groups is 1. The van der Waals surface area contributed by atoms with Crippen LogP contribution in [0.3, 0.4) is 0 Å². The number of piperidine rings is 1. The van der Waals surface area contributed by atoms with Crippen molar-refractivity contribution in [2.75, 3.05) is 19.6 Å². The van der Waals surface area contributed by atoms with E-state index in [-0.39, 0.29) is 6.09 Å². The number of hydrogen-bond acceptors (Lipinski definition) is 3. The molecule has 0 spiro atoms. The van der Waals surface area contributed by atoms with E-state index in [1.54, 1.807) is 0 Å². The van der Waals surface area contributed by atoms with Gasteiger partial charge in [-0.25, -0.2) is 4.79 Å². The molecule has 1 aromatic rings. The number of fused-ring (bicyclic) bond motifs is 5. The van der Waals surface area contributed by atoms with Crippen LogP contribution < -0.4 is 10.1 Å². The first kappa shape index (κ1) is 15.3. The van der Waals surface area contributed by atoms with Gasteiger partial charge in [0.05, 0.1) is 0 Å². The van der Waals surface area contributed by atoms with Gasteiger partial charge in [0, 0.05) is 12.6 Å². The van der Waals surface area contributed by atoms with Gasteiger partial charge in [-0.2, -0.15) is 0 Å². The number of hydrogen-bond donors (Lipinski definition) is 1. The molecule has 1 saturated heterocycles. The monoisotopic (exact) mass is 302 g/mol. The van der Waals surface area contributed by atoms with E-state index in [2.05, 4.69) is 36.2 Å². The maximum Gasteiger partial charge on any atom is 0.412 e. The Bertz CT molecular complexity index is 544. The molecule has 2 atom stereocenters. The fourth-order valence-electron chi connectivity index (χ4n) is 3.78. The molecule has 2 aliphatic rings. The van der Waals surface area contributed by atoms with Crippen LogP contribution in [-0.2, 0) is 0 Å². The highest BCUT2D eigenvalue weighted by atomic mass is 16.6. The van der Waals surface area contributed by atoms with Crippen molar-refractivity contribution in [3.8, 4) is 5.75 Å². The fraction of sp³-hybridized carbons (Fsp3) is 0.611. The summed E-state index contributed by atoms with van der Waals surface area (Å²) >= 11 is 0. The average molecular weight is 302 g/mol. The zero-order chi connectivity index (χ0) is 15.5. The van der Waals surface area contributed by atoms with E-state index in [0.717, 1.165) is 19.4 Å². The predicted octanol–water partition coefficient (Wildman–Crippen LogP) is 3.83. The maximum atomic E-state index is 11.8. The van der Waals surface area contributed by atoms with Crippen molar-refractivity contribution in [1.29, 1.82) is 0 Å². The molecule has 3 rings (SSSR count). The summed E-state index contributed by atoms with van der Waals surface area (Å²) in [7, 11) is 0. The number of unbranched alkanes of at least 4 members (excludes halogenated alkanes) is 1. The molecule has 1 aromatic carbocycles. The van der Waals surface area contributed by atoms with Crippen molar-refractivity contribution in [3.05, 3.63) is 29.3 Å². The predicted molar refractivity (Wildman–Crippen MR) is 87.3 cm³/mol. The topological polar surface area (TPSA) is 41.6 Å². The summed E-state index contributed by atoms with van der Waals surface area (Å²) in [6.45, 7) is 7.29. The highest BCUT2D eigenvalue weighted by Crippen LogP contribution is 2.49. The minimum Gasteiger partial charge on any atom is -0.410 e. The number of ether oxygens (including phenoxy) is 1. The van der Waals surface area contributed by atoms with E-state index in [1.165, 1.54) is 30.5 Å². The second kappa shape index (κ2) is 6.69. The molecule has 1 N–H and O–H groups in total. The van der Waals surface area contributed by atoms with E-state index in [4.69, 9.17) is 4.74 Å². The molecule has 1 aliphatic carbocycles. The molecule has 0 unspecified atom stereocenters. The zero-order valence-electron chi connectivity index (χ0n) is 13.6.